The van der Waals surface area contributed by atoms with Gasteiger partial charge in [-0.3, -0.25) is 19.9 Å². The van der Waals surface area contributed by atoms with E-state index in [4.69, 9.17) is 0 Å². The first-order valence-corrected chi connectivity index (χ1v) is 12.6. The van der Waals surface area contributed by atoms with E-state index >= 15 is 0 Å². The summed E-state index contributed by atoms with van der Waals surface area (Å²) in [7, 11) is 0. The Bertz CT molecular complexity index is 1170. The van der Waals surface area contributed by atoms with E-state index in [1.54, 1.807) is 12.3 Å². The van der Waals surface area contributed by atoms with Gasteiger partial charge in [0.15, 0.2) is 17.5 Å². The summed E-state index contributed by atoms with van der Waals surface area (Å²) in [6.07, 6.45) is 2.60. The van der Waals surface area contributed by atoms with Gasteiger partial charge in [-0.15, -0.1) is 15.3 Å². The number of piperazine rings is 1. The lowest BCUT2D eigenvalue weighted by molar-refractivity contribution is -0.117. The lowest BCUT2D eigenvalue weighted by atomic mass is 10.2. The van der Waals surface area contributed by atoms with Crippen LogP contribution in [0, 0.1) is 11.6 Å². The highest BCUT2D eigenvalue weighted by Gasteiger charge is 2.25. The highest BCUT2D eigenvalue weighted by molar-refractivity contribution is 7.19. The summed E-state index contributed by atoms with van der Waals surface area (Å²) in [6.45, 7) is 5.40. The number of benzene rings is 1. The molecule has 0 radical (unpaired) electrons. The Balaban J connectivity index is 1.03. The van der Waals surface area contributed by atoms with Crippen LogP contribution in [0.15, 0.2) is 36.5 Å². The molecule has 190 valence electrons. The molecule has 5 rings (SSSR count). The van der Waals surface area contributed by atoms with E-state index in [1.165, 1.54) is 17.4 Å². The van der Waals surface area contributed by atoms with Gasteiger partial charge in [0.05, 0.1) is 6.54 Å². The number of nitrogens with one attached hydrogen (secondary N) is 2. The molecule has 1 aromatic carbocycles. The minimum Gasteiger partial charge on any atom is -0.355 e. The molecule has 2 saturated heterocycles. The quantitative estimate of drug-likeness (QED) is 0.467. The van der Waals surface area contributed by atoms with Crippen LogP contribution in [0.4, 0.5) is 24.9 Å². The SMILES string of the molecule is O=C(CN1CCN(Cc2ccc(F)c(F)c2)CC1)Nc1nnc(N[C@@H]2CCN(c3cccnn3)C2)s1. The summed E-state index contributed by atoms with van der Waals surface area (Å²) < 4.78 is 26.6. The van der Waals surface area contributed by atoms with Crippen LogP contribution in [-0.4, -0.2) is 88.0 Å². The number of amides is 1. The molecule has 10 nitrogen and oxygen atoms in total. The first-order valence-electron chi connectivity index (χ1n) is 11.8. The second-order valence-electron chi connectivity index (χ2n) is 8.92. The predicted octanol–water partition coefficient (Wildman–Crippen LogP) is 2.05. The molecule has 0 unspecified atom stereocenters. The second kappa shape index (κ2) is 11.2. The summed E-state index contributed by atoms with van der Waals surface area (Å²) >= 11 is 1.32. The van der Waals surface area contributed by atoms with Gasteiger partial charge in [0.2, 0.25) is 16.2 Å². The van der Waals surface area contributed by atoms with Gasteiger partial charge >= 0.3 is 0 Å². The van der Waals surface area contributed by atoms with Crippen LogP contribution in [0.1, 0.15) is 12.0 Å². The Morgan fingerprint density at radius 2 is 1.81 bits per heavy atom. The van der Waals surface area contributed by atoms with Gasteiger partial charge in [-0.05, 0) is 36.2 Å². The van der Waals surface area contributed by atoms with Crippen molar-refractivity contribution in [2.75, 3.05) is 61.3 Å². The second-order valence-corrected chi connectivity index (χ2v) is 9.90. The summed E-state index contributed by atoms with van der Waals surface area (Å²) in [6, 6.07) is 8.03. The van der Waals surface area contributed by atoms with E-state index in [-0.39, 0.29) is 18.5 Å². The van der Waals surface area contributed by atoms with Crippen molar-refractivity contribution in [1.29, 1.82) is 0 Å². The molecule has 0 aliphatic carbocycles. The summed E-state index contributed by atoms with van der Waals surface area (Å²) in [5.74, 6) is -0.944. The molecule has 2 aliphatic heterocycles. The lowest BCUT2D eigenvalue weighted by Gasteiger charge is -2.34. The predicted molar refractivity (Wildman–Crippen MR) is 133 cm³/mol. The molecule has 2 aliphatic rings. The van der Waals surface area contributed by atoms with Gasteiger partial charge in [-0.25, -0.2) is 8.78 Å². The van der Waals surface area contributed by atoms with Gasteiger partial charge in [-0.2, -0.15) is 5.10 Å². The number of hydrogen-bond acceptors (Lipinski definition) is 10. The van der Waals surface area contributed by atoms with Crippen molar-refractivity contribution in [1.82, 2.24) is 30.2 Å². The fourth-order valence-electron chi connectivity index (χ4n) is 4.42. The van der Waals surface area contributed by atoms with E-state index in [0.717, 1.165) is 50.0 Å². The van der Waals surface area contributed by atoms with Crippen LogP contribution in [0.2, 0.25) is 0 Å². The number of hydrogen-bond donors (Lipinski definition) is 2. The maximum Gasteiger partial charge on any atom is 0.240 e. The zero-order valence-corrected chi connectivity index (χ0v) is 20.4. The highest BCUT2D eigenvalue weighted by atomic mass is 32.1. The van der Waals surface area contributed by atoms with Crippen molar-refractivity contribution in [2.24, 2.45) is 0 Å². The zero-order valence-electron chi connectivity index (χ0n) is 19.6. The Kier molecular flexibility index (Phi) is 7.58. The monoisotopic (exact) mass is 515 g/mol. The number of aromatic nitrogens is 4. The third kappa shape index (κ3) is 6.28. The van der Waals surface area contributed by atoms with Crippen molar-refractivity contribution in [3.05, 3.63) is 53.7 Å². The first kappa shape index (κ1) is 24.4. The van der Waals surface area contributed by atoms with E-state index in [2.05, 4.69) is 45.7 Å². The smallest absolute Gasteiger partial charge is 0.240 e. The molecule has 4 heterocycles. The topological polar surface area (TPSA) is 102 Å². The molecule has 2 aromatic heterocycles. The zero-order chi connectivity index (χ0) is 24.9. The third-order valence-electron chi connectivity index (χ3n) is 6.29. The van der Waals surface area contributed by atoms with Crippen molar-refractivity contribution in [3.63, 3.8) is 0 Å². The molecule has 3 aromatic rings. The Morgan fingerprint density at radius 1 is 1.00 bits per heavy atom. The van der Waals surface area contributed by atoms with Gasteiger partial charge in [0.1, 0.15) is 0 Å². The molecule has 1 atom stereocenters. The van der Waals surface area contributed by atoms with E-state index in [1.807, 2.05) is 12.1 Å². The molecule has 1 amide bonds. The van der Waals surface area contributed by atoms with Gasteiger partial charge in [-0.1, -0.05) is 17.4 Å². The normalized spacial score (nSPS) is 18.9. The van der Waals surface area contributed by atoms with Crippen LogP contribution in [-0.2, 0) is 11.3 Å². The fraction of sp³-hybridized carbons (Fsp3) is 0.435. The van der Waals surface area contributed by atoms with E-state index < -0.39 is 11.6 Å². The number of rotatable bonds is 8. The van der Waals surface area contributed by atoms with Crippen LogP contribution in [0.5, 0.6) is 0 Å². The molecule has 13 heteroatoms. The van der Waals surface area contributed by atoms with Crippen molar-refractivity contribution < 1.29 is 13.6 Å². The Labute approximate surface area is 211 Å². The van der Waals surface area contributed by atoms with Crippen molar-refractivity contribution in [2.45, 2.75) is 19.0 Å². The van der Waals surface area contributed by atoms with Crippen molar-refractivity contribution >= 4 is 33.3 Å². The highest BCUT2D eigenvalue weighted by Crippen LogP contribution is 2.24. The Morgan fingerprint density at radius 3 is 2.58 bits per heavy atom. The number of nitrogens with zero attached hydrogens (tertiary/aromatic N) is 7. The standard InChI is InChI=1S/C23H27F2N9OS/c24-18-4-3-16(12-19(18)25)13-32-8-10-33(11-9-32)15-21(35)28-23-31-30-22(36-23)27-17-5-7-34(14-17)20-2-1-6-26-29-20/h1-4,6,12,17H,5,7-11,13-15H2,(H,27,30)(H,28,31,35)/t17-/m1/s1. The molecule has 36 heavy (non-hydrogen) atoms. The minimum atomic E-state index is -0.837. The summed E-state index contributed by atoms with van der Waals surface area (Å²) in [4.78, 5) is 18.9. The molecule has 0 bridgehead atoms. The summed E-state index contributed by atoms with van der Waals surface area (Å²) in [5, 5.41) is 23.7. The molecular formula is C23H27F2N9OS. The maximum atomic E-state index is 13.4. The third-order valence-corrected chi connectivity index (χ3v) is 7.06. The molecular weight excluding hydrogens is 488 g/mol. The average Bonchev–Trinajstić information content (AvgIpc) is 3.53. The lowest BCUT2D eigenvalue weighted by Crippen LogP contribution is -2.48. The number of halogens is 2. The van der Waals surface area contributed by atoms with Crippen LogP contribution >= 0.6 is 11.3 Å². The Hall–Kier alpha value is -3.29. The van der Waals surface area contributed by atoms with Crippen LogP contribution in [0.25, 0.3) is 0 Å². The minimum absolute atomic E-state index is 0.138. The largest absolute Gasteiger partial charge is 0.355 e. The number of carbonyl (C=O) groups is 1. The first-order chi connectivity index (χ1) is 17.5. The number of anilines is 3. The molecule has 2 N–H and O–H groups in total. The van der Waals surface area contributed by atoms with Crippen molar-refractivity contribution in [3.8, 4) is 0 Å². The van der Waals surface area contributed by atoms with Gasteiger partial charge in [0, 0.05) is 58.1 Å². The van der Waals surface area contributed by atoms with E-state index in [9.17, 15) is 13.6 Å². The van der Waals surface area contributed by atoms with Crippen LogP contribution in [0.3, 0.4) is 0 Å². The van der Waals surface area contributed by atoms with E-state index in [0.29, 0.717) is 29.9 Å². The van der Waals surface area contributed by atoms with Gasteiger partial charge in [0.25, 0.3) is 0 Å². The fourth-order valence-corrected chi connectivity index (χ4v) is 5.16. The maximum absolute atomic E-state index is 13.4. The molecule has 0 spiro atoms. The van der Waals surface area contributed by atoms with Gasteiger partial charge < -0.3 is 10.2 Å². The summed E-state index contributed by atoms with van der Waals surface area (Å²) in [5.41, 5.74) is 0.736. The molecule has 2 fully saturated rings. The molecule has 0 saturated carbocycles. The number of carbonyl (C=O) groups excluding carboxylic acids is 1. The average molecular weight is 516 g/mol. The van der Waals surface area contributed by atoms with Crippen LogP contribution < -0.4 is 15.5 Å².